The van der Waals surface area contributed by atoms with Gasteiger partial charge in [0.1, 0.15) is 0 Å². The molecular formula is C4H10Cl2O3Zn. The molecule has 0 aromatic heterocycles. The largest absolute Gasteiger partial charge is 2.00 e. The maximum atomic E-state index is 8.09. The molecule has 0 atom stereocenters. The van der Waals surface area contributed by atoms with Crippen molar-refractivity contribution in [3.63, 3.8) is 0 Å². The van der Waals surface area contributed by atoms with Gasteiger partial charge in [0, 0.05) is 0 Å². The summed E-state index contributed by atoms with van der Waals surface area (Å²) < 4.78 is 4.63. The molecule has 0 bridgehead atoms. The Bertz CT molecular complexity index is 37.7. The standard InChI is InChI=1S/C4H10O3.2ClH.Zn/c5-1-3-7-4-2-6;;;/h5-6H,1-4H2;2*1H;/q;;;+2/p-2. The Morgan fingerprint density at radius 1 is 0.900 bits per heavy atom. The van der Waals surface area contributed by atoms with Gasteiger partial charge in [-0.05, 0) is 0 Å². The molecule has 10 heavy (non-hydrogen) atoms. The second-order valence-electron chi connectivity index (χ2n) is 1.06. The first-order valence-corrected chi connectivity index (χ1v) is 2.21. The quantitative estimate of drug-likeness (QED) is 0.381. The van der Waals surface area contributed by atoms with Crippen LogP contribution in [-0.4, -0.2) is 36.6 Å². The Hall–Kier alpha value is 1.08. The third kappa shape index (κ3) is 23.0. The van der Waals surface area contributed by atoms with Crippen LogP contribution in [0.2, 0.25) is 0 Å². The van der Waals surface area contributed by atoms with Crippen molar-refractivity contribution in [1.29, 1.82) is 0 Å². The Labute approximate surface area is 85.7 Å². The fourth-order valence-corrected chi connectivity index (χ4v) is 0.231. The van der Waals surface area contributed by atoms with Crippen LogP contribution in [0, 0.1) is 0 Å². The number of aliphatic hydroxyl groups excluding tert-OH is 2. The molecule has 0 saturated heterocycles. The fourth-order valence-electron chi connectivity index (χ4n) is 0.231. The van der Waals surface area contributed by atoms with Crippen molar-refractivity contribution in [2.45, 2.75) is 0 Å². The van der Waals surface area contributed by atoms with Crippen LogP contribution in [0.4, 0.5) is 0 Å². The predicted octanol–water partition coefficient (Wildman–Crippen LogP) is -7.01. The molecule has 0 radical (unpaired) electrons. The SMILES string of the molecule is OCCOCCO.[Cl-].[Cl-].[Zn+2]. The second-order valence-corrected chi connectivity index (χ2v) is 1.06. The van der Waals surface area contributed by atoms with Crippen LogP contribution in [0.5, 0.6) is 0 Å². The topological polar surface area (TPSA) is 49.7 Å². The third-order valence-electron chi connectivity index (χ3n) is 0.471. The van der Waals surface area contributed by atoms with Crippen molar-refractivity contribution in [2.24, 2.45) is 0 Å². The molecule has 0 amide bonds. The summed E-state index contributed by atoms with van der Waals surface area (Å²) in [5, 5.41) is 16.2. The van der Waals surface area contributed by atoms with Gasteiger partial charge in [-0.25, -0.2) is 0 Å². The van der Waals surface area contributed by atoms with Gasteiger partial charge in [-0.15, -0.1) is 0 Å². The average molecular weight is 242 g/mol. The summed E-state index contributed by atoms with van der Waals surface area (Å²) in [7, 11) is 0. The number of ether oxygens (including phenoxy) is 1. The molecule has 2 N–H and O–H groups in total. The van der Waals surface area contributed by atoms with E-state index in [2.05, 4.69) is 4.74 Å². The first kappa shape index (κ1) is 22.5. The normalized spacial score (nSPS) is 6.60. The Kier molecular flexibility index (Phi) is 50.5. The van der Waals surface area contributed by atoms with Crippen molar-refractivity contribution in [3.05, 3.63) is 0 Å². The molecule has 0 saturated carbocycles. The third-order valence-corrected chi connectivity index (χ3v) is 0.471. The summed E-state index contributed by atoms with van der Waals surface area (Å²) in [5.74, 6) is 0. The van der Waals surface area contributed by atoms with E-state index >= 15 is 0 Å². The molecule has 0 aliphatic rings. The van der Waals surface area contributed by atoms with Crippen LogP contribution >= 0.6 is 0 Å². The van der Waals surface area contributed by atoms with Crippen LogP contribution < -0.4 is 24.8 Å². The van der Waals surface area contributed by atoms with Crippen molar-refractivity contribution in [2.75, 3.05) is 26.4 Å². The van der Waals surface area contributed by atoms with Crippen LogP contribution in [-0.2, 0) is 24.2 Å². The van der Waals surface area contributed by atoms with Gasteiger partial charge in [0.15, 0.2) is 0 Å². The molecule has 60 valence electrons. The minimum atomic E-state index is 0. The van der Waals surface area contributed by atoms with Gasteiger partial charge < -0.3 is 39.8 Å². The Morgan fingerprint density at radius 3 is 1.40 bits per heavy atom. The van der Waals surface area contributed by atoms with E-state index in [9.17, 15) is 0 Å². The maximum Gasteiger partial charge on any atom is 2.00 e. The summed E-state index contributed by atoms with van der Waals surface area (Å²) in [6.07, 6.45) is 0. The Balaban J connectivity index is -0.0000000600. The van der Waals surface area contributed by atoms with Crippen molar-refractivity contribution in [3.8, 4) is 0 Å². The number of halogens is 2. The van der Waals surface area contributed by atoms with Gasteiger partial charge in [-0.1, -0.05) is 0 Å². The first-order chi connectivity index (χ1) is 3.41. The van der Waals surface area contributed by atoms with E-state index < -0.39 is 0 Å². The van der Waals surface area contributed by atoms with Gasteiger partial charge in [-0.3, -0.25) is 0 Å². The van der Waals surface area contributed by atoms with Crippen LogP contribution in [0.1, 0.15) is 0 Å². The van der Waals surface area contributed by atoms with E-state index in [0.29, 0.717) is 13.2 Å². The monoisotopic (exact) mass is 240 g/mol. The molecule has 0 spiro atoms. The molecular weight excluding hydrogens is 232 g/mol. The molecule has 0 aromatic carbocycles. The van der Waals surface area contributed by atoms with Gasteiger partial charge in [-0.2, -0.15) is 0 Å². The van der Waals surface area contributed by atoms with E-state index in [-0.39, 0.29) is 57.5 Å². The molecule has 0 rings (SSSR count). The van der Waals surface area contributed by atoms with Gasteiger partial charge >= 0.3 is 19.5 Å². The van der Waals surface area contributed by atoms with Crippen molar-refractivity contribution >= 4 is 0 Å². The summed E-state index contributed by atoms with van der Waals surface area (Å²) in [4.78, 5) is 0. The molecule has 6 heteroatoms. The van der Waals surface area contributed by atoms with Crippen LogP contribution in [0.15, 0.2) is 0 Å². The Morgan fingerprint density at radius 2 is 1.20 bits per heavy atom. The van der Waals surface area contributed by atoms with E-state index in [1.165, 1.54) is 0 Å². The smallest absolute Gasteiger partial charge is 1.00 e. The fraction of sp³-hybridized carbons (Fsp3) is 1.00. The second kappa shape index (κ2) is 22.5. The molecule has 0 aromatic rings. The molecule has 0 unspecified atom stereocenters. The van der Waals surface area contributed by atoms with E-state index in [0.717, 1.165) is 0 Å². The molecule has 0 aliphatic heterocycles. The predicted molar refractivity (Wildman–Crippen MR) is 25.0 cm³/mol. The minimum Gasteiger partial charge on any atom is -1.00 e. The van der Waals surface area contributed by atoms with E-state index in [1.807, 2.05) is 0 Å². The van der Waals surface area contributed by atoms with Crippen LogP contribution in [0.3, 0.4) is 0 Å². The van der Waals surface area contributed by atoms with Crippen molar-refractivity contribution in [1.82, 2.24) is 0 Å². The molecule has 0 heterocycles. The molecule has 0 fully saturated rings. The maximum absolute atomic E-state index is 8.09. The van der Waals surface area contributed by atoms with E-state index in [1.54, 1.807) is 0 Å². The minimum absolute atomic E-state index is 0. The molecule has 0 aliphatic carbocycles. The van der Waals surface area contributed by atoms with Crippen LogP contribution in [0.25, 0.3) is 0 Å². The summed E-state index contributed by atoms with van der Waals surface area (Å²) in [6.45, 7) is 0.696. The van der Waals surface area contributed by atoms with Gasteiger partial charge in [0.2, 0.25) is 0 Å². The number of rotatable bonds is 4. The van der Waals surface area contributed by atoms with Crippen molar-refractivity contribution < 1.29 is 59.2 Å². The van der Waals surface area contributed by atoms with Gasteiger partial charge in [0.05, 0.1) is 26.4 Å². The zero-order chi connectivity index (χ0) is 5.54. The summed E-state index contributed by atoms with van der Waals surface area (Å²) in [5.41, 5.74) is 0. The van der Waals surface area contributed by atoms with E-state index in [4.69, 9.17) is 10.2 Å². The first-order valence-electron chi connectivity index (χ1n) is 2.21. The summed E-state index contributed by atoms with van der Waals surface area (Å²) >= 11 is 0. The molecule has 3 nitrogen and oxygen atoms in total. The zero-order valence-electron chi connectivity index (χ0n) is 5.59. The zero-order valence-corrected chi connectivity index (χ0v) is 10.1. The number of hydrogen-bond donors (Lipinski definition) is 2. The van der Waals surface area contributed by atoms with Gasteiger partial charge in [0.25, 0.3) is 0 Å². The summed E-state index contributed by atoms with van der Waals surface area (Å²) in [6, 6.07) is 0. The number of hydrogen-bond acceptors (Lipinski definition) is 3. The number of aliphatic hydroxyl groups is 2. The average Bonchev–Trinajstić information content (AvgIpc) is 1.69.